The molecule has 0 aliphatic carbocycles. The summed E-state index contributed by atoms with van der Waals surface area (Å²) in [5.74, 6) is 0. The molecule has 2 aromatic rings. The lowest BCUT2D eigenvalue weighted by Gasteiger charge is -2.19. The smallest absolute Gasteiger partial charge is 0.309 e. The van der Waals surface area contributed by atoms with Gasteiger partial charge in [-0.3, -0.25) is 0 Å². The van der Waals surface area contributed by atoms with E-state index in [1.54, 1.807) is 19.4 Å². The van der Waals surface area contributed by atoms with Gasteiger partial charge in [0.25, 0.3) is 0 Å². The lowest BCUT2D eigenvalue weighted by atomic mass is 9.99. The number of halogens is 4. The minimum Gasteiger partial charge on any atom is -0.309 e. The van der Waals surface area contributed by atoms with Crippen LogP contribution >= 0.6 is 15.9 Å². The predicted molar refractivity (Wildman–Crippen MR) is 72.1 cm³/mol. The molecule has 1 unspecified atom stereocenters. The van der Waals surface area contributed by atoms with Crippen LogP contribution in [0.5, 0.6) is 0 Å². The van der Waals surface area contributed by atoms with Crippen molar-refractivity contribution in [3.05, 3.63) is 58.1 Å². The summed E-state index contributed by atoms with van der Waals surface area (Å²) in [7, 11) is 1.67. The van der Waals surface area contributed by atoms with Gasteiger partial charge in [0.05, 0.1) is 11.6 Å². The fraction of sp³-hybridized carbons (Fsp3) is 0.231. The van der Waals surface area contributed by atoms with E-state index >= 15 is 0 Å². The molecule has 0 saturated heterocycles. The maximum atomic E-state index is 12.8. The van der Waals surface area contributed by atoms with Crippen molar-refractivity contribution in [2.24, 2.45) is 0 Å². The van der Waals surface area contributed by atoms with Gasteiger partial charge in [-0.15, -0.1) is 0 Å². The highest BCUT2D eigenvalue weighted by molar-refractivity contribution is 9.10. The molecule has 0 spiro atoms. The minimum absolute atomic E-state index is 0.423. The quantitative estimate of drug-likeness (QED) is 0.924. The van der Waals surface area contributed by atoms with Crippen LogP contribution in [-0.4, -0.2) is 17.0 Å². The average molecular weight is 346 g/mol. The van der Waals surface area contributed by atoms with Crippen LogP contribution in [0.15, 0.2) is 41.4 Å². The monoisotopic (exact) mass is 345 g/mol. The van der Waals surface area contributed by atoms with Gasteiger partial charge in [0.15, 0.2) is 0 Å². The van der Waals surface area contributed by atoms with Crippen LogP contribution in [0.25, 0.3) is 0 Å². The molecule has 0 aliphatic rings. The Labute approximate surface area is 122 Å². The molecule has 1 aromatic heterocycles. The fourth-order valence-corrected chi connectivity index (χ4v) is 2.38. The number of rotatable bonds is 3. The molecule has 0 fully saturated rings. The van der Waals surface area contributed by atoms with Gasteiger partial charge in [-0.05, 0) is 30.8 Å². The molecule has 0 saturated carbocycles. The first-order chi connectivity index (χ1) is 9.43. The van der Waals surface area contributed by atoms with Crippen molar-refractivity contribution in [1.29, 1.82) is 0 Å². The van der Waals surface area contributed by atoms with E-state index in [9.17, 15) is 13.2 Å². The normalized spacial score (nSPS) is 13.2. The highest BCUT2D eigenvalue weighted by atomic mass is 79.9. The maximum absolute atomic E-state index is 12.8. The zero-order valence-electron chi connectivity index (χ0n) is 10.4. The third-order valence-corrected chi connectivity index (χ3v) is 3.56. The molecule has 20 heavy (non-hydrogen) atoms. The second-order valence-electron chi connectivity index (χ2n) is 4.13. The molecular formula is C13H11BrF3N3. The molecule has 7 heteroatoms. The first-order valence-corrected chi connectivity index (χ1v) is 6.51. The number of benzene rings is 1. The van der Waals surface area contributed by atoms with Crippen LogP contribution in [0.3, 0.4) is 0 Å². The molecule has 1 atom stereocenters. The topological polar surface area (TPSA) is 37.8 Å². The van der Waals surface area contributed by atoms with Crippen molar-refractivity contribution in [1.82, 2.24) is 15.3 Å². The summed E-state index contributed by atoms with van der Waals surface area (Å²) in [4.78, 5) is 7.78. The Bertz CT molecular complexity index is 587. The Morgan fingerprint density at radius 2 is 1.85 bits per heavy atom. The summed E-state index contributed by atoms with van der Waals surface area (Å²) < 4.78 is 39.0. The Morgan fingerprint density at radius 3 is 2.40 bits per heavy atom. The number of nitrogens with zero attached hydrogens (tertiary/aromatic N) is 2. The van der Waals surface area contributed by atoms with E-state index in [0.29, 0.717) is 15.6 Å². The second-order valence-corrected chi connectivity index (χ2v) is 4.98. The highest BCUT2D eigenvalue weighted by Gasteiger charge is 2.31. The first-order valence-electron chi connectivity index (χ1n) is 5.72. The van der Waals surface area contributed by atoms with Crippen LogP contribution < -0.4 is 5.32 Å². The standard InChI is InChI=1S/C13H11BrF3N3/c1-18-12(8-5-19-7-20-6-8)10-4-9(13(15,16)17)2-3-11(10)14/h2-7,12,18H,1H3. The van der Waals surface area contributed by atoms with Crippen molar-refractivity contribution in [3.8, 4) is 0 Å². The van der Waals surface area contributed by atoms with Crippen molar-refractivity contribution in [2.45, 2.75) is 12.2 Å². The largest absolute Gasteiger partial charge is 0.416 e. The summed E-state index contributed by atoms with van der Waals surface area (Å²) in [5, 5.41) is 2.98. The van der Waals surface area contributed by atoms with Crippen molar-refractivity contribution in [3.63, 3.8) is 0 Å². The minimum atomic E-state index is -4.37. The molecule has 3 nitrogen and oxygen atoms in total. The van der Waals surface area contributed by atoms with Crippen LogP contribution in [0, 0.1) is 0 Å². The van der Waals surface area contributed by atoms with Crippen LogP contribution in [-0.2, 0) is 6.18 Å². The summed E-state index contributed by atoms with van der Waals surface area (Å²) >= 11 is 3.29. The molecule has 1 aromatic carbocycles. The summed E-state index contributed by atoms with van der Waals surface area (Å²) in [5.41, 5.74) is 0.486. The first kappa shape index (κ1) is 14.9. The van der Waals surface area contributed by atoms with E-state index in [0.717, 1.165) is 12.1 Å². The van der Waals surface area contributed by atoms with Gasteiger partial charge in [0.1, 0.15) is 6.33 Å². The molecule has 1 N–H and O–H groups in total. The zero-order chi connectivity index (χ0) is 14.8. The van der Waals surface area contributed by atoms with Crippen molar-refractivity contribution >= 4 is 15.9 Å². The Morgan fingerprint density at radius 1 is 1.20 bits per heavy atom. The maximum Gasteiger partial charge on any atom is 0.416 e. The zero-order valence-corrected chi connectivity index (χ0v) is 12.0. The van der Waals surface area contributed by atoms with E-state index < -0.39 is 17.8 Å². The summed E-state index contributed by atoms with van der Waals surface area (Å²) in [6.45, 7) is 0. The number of aromatic nitrogens is 2. The molecule has 0 aliphatic heterocycles. The van der Waals surface area contributed by atoms with Crippen molar-refractivity contribution < 1.29 is 13.2 Å². The number of alkyl halides is 3. The highest BCUT2D eigenvalue weighted by Crippen LogP contribution is 2.35. The number of hydrogen-bond donors (Lipinski definition) is 1. The van der Waals surface area contributed by atoms with E-state index in [4.69, 9.17) is 0 Å². The second kappa shape index (κ2) is 5.88. The number of hydrogen-bond acceptors (Lipinski definition) is 3. The van der Waals surface area contributed by atoms with Gasteiger partial charge in [-0.2, -0.15) is 13.2 Å². The van der Waals surface area contributed by atoms with Gasteiger partial charge in [0, 0.05) is 22.4 Å². The van der Waals surface area contributed by atoms with Gasteiger partial charge in [-0.1, -0.05) is 15.9 Å². The van der Waals surface area contributed by atoms with E-state index in [1.807, 2.05) is 0 Å². The number of nitrogens with one attached hydrogen (secondary N) is 1. The third kappa shape index (κ3) is 3.16. The Balaban J connectivity index is 2.50. The molecule has 0 radical (unpaired) electrons. The van der Waals surface area contributed by atoms with Gasteiger partial charge in [0.2, 0.25) is 0 Å². The summed E-state index contributed by atoms with van der Waals surface area (Å²) in [6, 6.07) is 3.14. The van der Waals surface area contributed by atoms with E-state index in [2.05, 4.69) is 31.2 Å². The lowest BCUT2D eigenvalue weighted by molar-refractivity contribution is -0.137. The summed E-state index contributed by atoms with van der Waals surface area (Å²) in [6.07, 6.45) is 0.139. The molecule has 0 amide bonds. The third-order valence-electron chi connectivity index (χ3n) is 2.84. The predicted octanol–water partition coefficient (Wildman–Crippen LogP) is 3.57. The van der Waals surface area contributed by atoms with Gasteiger partial charge in [-0.25, -0.2) is 9.97 Å². The molecule has 106 valence electrons. The van der Waals surface area contributed by atoms with E-state index in [1.165, 1.54) is 12.4 Å². The molecule has 0 bridgehead atoms. The van der Waals surface area contributed by atoms with Crippen LogP contribution in [0.1, 0.15) is 22.7 Å². The van der Waals surface area contributed by atoms with Crippen LogP contribution in [0.4, 0.5) is 13.2 Å². The van der Waals surface area contributed by atoms with E-state index in [-0.39, 0.29) is 0 Å². The SMILES string of the molecule is CNC(c1cncnc1)c1cc(C(F)(F)F)ccc1Br. The lowest BCUT2D eigenvalue weighted by Crippen LogP contribution is -2.19. The van der Waals surface area contributed by atoms with Crippen molar-refractivity contribution in [2.75, 3.05) is 7.05 Å². The average Bonchev–Trinajstić information content (AvgIpc) is 2.41. The molecule has 2 rings (SSSR count). The Hall–Kier alpha value is -1.47. The van der Waals surface area contributed by atoms with Gasteiger partial charge < -0.3 is 5.32 Å². The Kier molecular flexibility index (Phi) is 4.39. The van der Waals surface area contributed by atoms with Crippen LogP contribution in [0.2, 0.25) is 0 Å². The molecule has 1 heterocycles. The fourth-order valence-electron chi connectivity index (χ4n) is 1.90. The van der Waals surface area contributed by atoms with Gasteiger partial charge >= 0.3 is 6.18 Å². The molecular weight excluding hydrogens is 335 g/mol.